The fourth-order valence-electron chi connectivity index (χ4n) is 2.13. The molecule has 1 heterocycles. The zero-order valence-electron chi connectivity index (χ0n) is 10.4. The Labute approximate surface area is 92.9 Å². The van der Waals surface area contributed by atoms with Crippen molar-refractivity contribution in [2.24, 2.45) is 12.5 Å². The van der Waals surface area contributed by atoms with Gasteiger partial charge >= 0.3 is 0 Å². The van der Waals surface area contributed by atoms with Crippen LogP contribution in [0.15, 0.2) is 12.3 Å². The lowest BCUT2D eigenvalue weighted by molar-refractivity contribution is 0.250. The summed E-state index contributed by atoms with van der Waals surface area (Å²) in [6.07, 6.45) is 5.48. The summed E-state index contributed by atoms with van der Waals surface area (Å²) in [7, 11) is 4.00. The third-order valence-corrected chi connectivity index (χ3v) is 3.38. The van der Waals surface area contributed by atoms with Crippen LogP contribution in [-0.4, -0.2) is 23.4 Å². The lowest BCUT2D eigenvalue weighted by Crippen LogP contribution is -2.33. The predicted octanol–water partition coefficient (Wildman–Crippen LogP) is 1.99. The van der Waals surface area contributed by atoms with E-state index in [1.54, 1.807) is 0 Å². The Bertz CT molecular complexity index is 287. The van der Waals surface area contributed by atoms with Crippen LogP contribution in [-0.2, 0) is 13.5 Å². The zero-order chi connectivity index (χ0) is 11.3. The molecule has 3 heteroatoms. The summed E-state index contributed by atoms with van der Waals surface area (Å²) < 4.78 is 1.88. The summed E-state index contributed by atoms with van der Waals surface area (Å²) in [6.45, 7) is 5.60. The molecule has 0 aliphatic carbocycles. The van der Waals surface area contributed by atoms with Gasteiger partial charge in [0.25, 0.3) is 0 Å². The van der Waals surface area contributed by atoms with Crippen molar-refractivity contribution in [1.82, 2.24) is 15.1 Å². The van der Waals surface area contributed by atoms with E-state index < -0.39 is 0 Å². The SMILES string of the molecule is CCC(CC)(CNC)Cc1ccn(C)n1. The molecule has 0 saturated heterocycles. The first-order chi connectivity index (χ1) is 7.15. The maximum absolute atomic E-state index is 4.46. The Kier molecular flexibility index (Phi) is 4.33. The monoisotopic (exact) mass is 209 g/mol. The van der Waals surface area contributed by atoms with Crippen LogP contribution >= 0.6 is 0 Å². The molecule has 0 amide bonds. The van der Waals surface area contributed by atoms with Gasteiger partial charge < -0.3 is 5.32 Å². The summed E-state index contributed by atoms with van der Waals surface area (Å²) in [4.78, 5) is 0. The fraction of sp³-hybridized carbons (Fsp3) is 0.750. The highest BCUT2D eigenvalue weighted by atomic mass is 15.2. The molecular formula is C12H23N3. The van der Waals surface area contributed by atoms with Crippen LogP contribution in [0.1, 0.15) is 32.4 Å². The van der Waals surface area contributed by atoms with E-state index in [0.29, 0.717) is 5.41 Å². The Morgan fingerprint density at radius 2 is 2.07 bits per heavy atom. The molecule has 1 N–H and O–H groups in total. The molecule has 0 aliphatic rings. The number of nitrogens with one attached hydrogen (secondary N) is 1. The van der Waals surface area contributed by atoms with Gasteiger partial charge in [-0.3, -0.25) is 4.68 Å². The van der Waals surface area contributed by atoms with Crippen molar-refractivity contribution in [1.29, 1.82) is 0 Å². The molecular weight excluding hydrogens is 186 g/mol. The minimum absolute atomic E-state index is 0.364. The van der Waals surface area contributed by atoms with Crippen molar-refractivity contribution in [3.8, 4) is 0 Å². The summed E-state index contributed by atoms with van der Waals surface area (Å²) >= 11 is 0. The minimum atomic E-state index is 0.364. The number of aryl methyl sites for hydroxylation is 1. The van der Waals surface area contributed by atoms with Gasteiger partial charge in [0, 0.05) is 19.8 Å². The van der Waals surface area contributed by atoms with Gasteiger partial charge in [0.15, 0.2) is 0 Å². The van der Waals surface area contributed by atoms with Gasteiger partial charge in [0.05, 0.1) is 5.69 Å². The van der Waals surface area contributed by atoms with Crippen molar-refractivity contribution >= 4 is 0 Å². The first-order valence-corrected chi connectivity index (χ1v) is 5.79. The highest BCUT2D eigenvalue weighted by Crippen LogP contribution is 2.29. The molecule has 86 valence electrons. The molecule has 1 aromatic heterocycles. The van der Waals surface area contributed by atoms with Gasteiger partial charge in [0.2, 0.25) is 0 Å². The van der Waals surface area contributed by atoms with Crippen LogP contribution < -0.4 is 5.32 Å². The number of hydrogen-bond acceptors (Lipinski definition) is 2. The highest BCUT2D eigenvalue weighted by molar-refractivity contribution is 5.03. The average molecular weight is 209 g/mol. The van der Waals surface area contributed by atoms with Gasteiger partial charge in [-0.15, -0.1) is 0 Å². The number of nitrogens with zero attached hydrogens (tertiary/aromatic N) is 2. The maximum Gasteiger partial charge on any atom is 0.0630 e. The molecule has 3 nitrogen and oxygen atoms in total. The molecule has 0 aliphatic heterocycles. The van der Waals surface area contributed by atoms with Crippen molar-refractivity contribution in [2.75, 3.05) is 13.6 Å². The van der Waals surface area contributed by atoms with Gasteiger partial charge in [-0.1, -0.05) is 13.8 Å². The van der Waals surface area contributed by atoms with E-state index in [1.807, 2.05) is 25.0 Å². The summed E-state index contributed by atoms with van der Waals surface area (Å²) in [6, 6.07) is 2.12. The quantitative estimate of drug-likeness (QED) is 0.776. The molecule has 15 heavy (non-hydrogen) atoms. The summed E-state index contributed by atoms with van der Waals surface area (Å²) in [5, 5.41) is 7.77. The summed E-state index contributed by atoms with van der Waals surface area (Å²) in [5.41, 5.74) is 1.57. The Balaban J connectivity index is 2.73. The topological polar surface area (TPSA) is 29.9 Å². The first kappa shape index (κ1) is 12.2. The lowest BCUT2D eigenvalue weighted by Gasteiger charge is -2.30. The van der Waals surface area contributed by atoms with Crippen molar-refractivity contribution < 1.29 is 0 Å². The van der Waals surface area contributed by atoms with Crippen LogP contribution in [0.2, 0.25) is 0 Å². The highest BCUT2D eigenvalue weighted by Gasteiger charge is 2.26. The predicted molar refractivity (Wildman–Crippen MR) is 63.9 cm³/mol. The van der Waals surface area contributed by atoms with Gasteiger partial charge in [-0.25, -0.2) is 0 Å². The van der Waals surface area contributed by atoms with Gasteiger partial charge in [0.1, 0.15) is 0 Å². The molecule has 0 aromatic carbocycles. The zero-order valence-corrected chi connectivity index (χ0v) is 10.4. The van der Waals surface area contributed by atoms with Crippen LogP contribution in [0.3, 0.4) is 0 Å². The van der Waals surface area contributed by atoms with Crippen molar-refractivity contribution in [2.45, 2.75) is 33.1 Å². The van der Waals surface area contributed by atoms with Gasteiger partial charge in [-0.2, -0.15) is 5.10 Å². The summed E-state index contributed by atoms with van der Waals surface area (Å²) in [5.74, 6) is 0. The lowest BCUT2D eigenvalue weighted by atomic mass is 9.78. The normalized spacial score (nSPS) is 12.0. The number of rotatable bonds is 6. The van der Waals surface area contributed by atoms with E-state index in [2.05, 4.69) is 30.3 Å². The standard InChI is InChI=1S/C12H23N3/c1-5-12(6-2,10-13-3)9-11-7-8-15(4)14-11/h7-8,13H,5-6,9-10H2,1-4H3. The molecule has 1 rings (SSSR count). The van der Waals surface area contributed by atoms with E-state index in [1.165, 1.54) is 18.5 Å². The molecule has 0 spiro atoms. The van der Waals surface area contributed by atoms with Crippen LogP contribution in [0.25, 0.3) is 0 Å². The largest absolute Gasteiger partial charge is 0.319 e. The molecule has 1 aromatic rings. The Morgan fingerprint density at radius 3 is 2.47 bits per heavy atom. The van der Waals surface area contributed by atoms with Crippen LogP contribution in [0.4, 0.5) is 0 Å². The maximum atomic E-state index is 4.46. The first-order valence-electron chi connectivity index (χ1n) is 5.79. The minimum Gasteiger partial charge on any atom is -0.319 e. The van der Waals surface area contributed by atoms with E-state index in [4.69, 9.17) is 0 Å². The second kappa shape index (κ2) is 5.31. The van der Waals surface area contributed by atoms with Crippen molar-refractivity contribution in [3.05, 3.63) is 18.0 Å². The van der Waals surface area contributed by atoms with E-state index in [9.17, 15) is 0 Å². The second-order valence-corrected chi connectivity index (χ2v) is 4.39. The molecule has 0 fully saturated rings. The molecule has 0 saturated carbocycles. The fourth-order valence-corrected chi connectivity index (χ4v) is 2.13. The number of hydrogen-bond donors (Lipinski definition) is 1. The third kappa shape index (κ3) is 3.06. The smallest absolute Gasteiger partial charge is 0.0630 e. The second-order valence-electron chi connectivity index (χ2n) is 4.39. The third-order valence-electron chi connectivity index (χ3n) is 3.38. The molecule has 0 radical (unpaired) electrons. The number of aromatic nitrogens is 2. The molecule has 0 unspecified atom stereocenters. The molecule has 0 atom stereocenters. The van der Waals surface area contributed by atoms with E-state index in [0.717, 1.165) is 13.0 Å². The van der Waals surface area contributed by atoms with Gasteiger partial charge in [-0.05, 0) is 37.8 Å². The molecule has 0 bridgehead atoms. The Hall–Kier alpha value is -0.830. The van der Waals surface area contributed by atoms with E-state index >= 15 is 0 Å². The van der Waals surface area contributed by atoms with E-state index in [-0.39, 0.29) is 0 Å². The van der Waals surface area contributed by atoms with Crippen LogP contribution in [0, 0.1) is 5.41 Å². The average Bonchev–Trinajstić information content (AvgIpc) is 2.63. The van der Waals surface area contributed by atoms with Crippen molar-refractivity contribution in [3.63, 3.8) is 0 Å². The van der Waals surface area contributed by atoms with Crippen LogP contribution in [0.5, 0.6) is 0 Å². The Morgan fingerprint density at radius 1 is 1.40 bits per heavy atom.